The largest absolute Gasteiger partial charge is 0.497 e. The second-order valence-corrected chi connectivity index (χ2v) is 9.11. The number of fused-ring (bicyclic) bond motifs is 1. The number of methoxy groups -OCH3 is 1. The van der Waals surface area contributed by atoms with Gasteiger partial charge in [-0.05, 0) is 55.2 Å². The first-order chi connectivity index (χ1) is 13.6. The van der Waals surface area contributed by atoms with Gasteiger partial charge in [-0.15, -0.1) is 0 Å². The van der Waals surface area contributed by atoms with Crippen molar-refractivity contribution >= 4 is 20.9 Å². The molecule has 0 unspecified atom stereocenters. The van der Waals surface area contributed by atoms with Crippen molar-refractivity contribution in [2.45, 2.75) is 43.0 Å². The second kappa shape index (κ2) is 7.97. The lowest BCUT2D eigenvalue weighted by molar-refractivity contribution is 0.415. The Kier molecular flexibility index (Phi) is 5.42. The second-order valence-electron chi connectivity index (χ2n) is 7.34. The van der Waals surface area contributed by atoms with Gasteiger partial charge in [0, 0.05) is 29.7 Å². The lowest BCUT2D eigenvalue weighted by Gasteiger charge is -2.13. The van der Waals surface area contributed by atoms with E-state index in [0.717, 1.165) is 16.7 Å². The lowest BCUT2D eigenvalue weighted by atomic mass is 10.1. The number of nitrogens with zero attached hydrogens (tertiary/aromatic N) is 1. The summed E-state index contributed by atoms with van der Waals surface area (Å²) in [5, 5.41) is 1.14. The first-order valence-corrected chi connectivity index (χ1v) is 11.3. The van der Waals surface area contributed by atoms with Crippen LogP contribution in [-0.2, 0) is 16.4 Å². The minimum atomic E-state index is -3.49. The maximum absolute atomic E-state index is 12.5. The van der Waals surface area contributed by atoms with E-state index in [1.165, 1.54) is 31.2 Å². The summed E-state index contributed by atoms with van der Waals surface area (Å²) in [7, 11) is -1.82. The van der Waals surface area contributed by atoms with Crippen LogP contribution in [0.5, 0.6) is 5.75 Å². The highest BCUT2D eigenvalue weighted by Gasteiger charge is 2.21. The van der Waals surface area contributed by atoms with E-state index in [2.05, 4.69) is 27.6 Å². The van der Waals surface area contributed by atoms with Gasteiger partial charge in [0.2, 0.25) is 10.0 Å². The van der Waals surface area contributed by atoms with Crippen LogP contribution in [0.3, 0.4) is 0 Å². The molecule has 148 valence electrons. The Hall–Kier alpha value is -2.31. The monoisotopic (exact) mass is 398 g/mol. The summed E-state index contributed by atoms with van der Waals surface area (Å²) in [5.74, 6) is 0.822. The van der Waals surface area contributed by atoms with Gasteiger partial charge in [-0.25, -0.2) is 13.1 Å². The van der Waals surface area contributed by atoms with Crippen LogP contribution >= 0.6 is 0 Å². The molecule has 0 bridgehead atoms. The SMILES string of the molecule is COc1ccc2c(c1)c(CCNS(=O)(=O)c1ccccc1)cn2C1CCCC1. The fourth-order valence-corrected chi connectivity index (χ4v) is 5.17. The topological polar surface area (TPSA) is 60.3 Å². The summed E-state index contributed by atoms with van der Waals surface area (Å²) in [6.07, 6.45) is 7.79. The summed E-state index contributed by atoms with van der Waals surface area (Å²) in [4.78, 5) is 0.296. The van der Waals surface area contributed by atoms with E-state index < -0.39 is 10.0 Å². The predicted octanol–water partition coefficient (Wildman–Crippen LogP) is 4.29. The van der Waals surface area contributed by atoms with Gasteiger partial charge in [-0.3, -0.25) is 0 Å². The van der Waals surface area contributed by atoms with Gasteiger partial charge >= 0.3 is 0 Å². The highest BCUT2D eigenvalue weighted by Crippen LogP contribution is 2.35. The minimum Gasteiger partial charge on any atom is -0.497 e. The molecule has 1 aliphatic rings. The van der Waals surface area contributed by atoms with E-state index in [9.17, 15) is 8.42 Å². The minimum absolute atomic E-state index is 0.296. The van der Waals surface area contributed by atoms with Crippen molar-refractivity contribution < 1.29 is 13.2 Å². The quantitative estimate of drug-likeness (QED) is 0.646. The third-order valence-corrected chi connectivity index (χ3v) is 7.06. The maximum atomic E-state index is 12.5. The van der Waals surface area contributed by atoms with Gasteiger partial charge in [0.25, 0.3) is 0 Å². The van der Waals surface area contributed by atoms with Crippen molar-refractivity contribution in [2.75, 3.05) is 13.7 Å². The lowest BCUT2D eigenvalue weighted by Crippen LogP contribution is -2.25. The number of hydrogen-bond acceptors (Lipinski definition) is 3. The van der Waals surface area contributed by atoms with E-state index in [1.54, 1.807) is 31.4 Å². The molecule has 28 heavy (non-hydrogen) atoms. The molecule has 0 spiro atoms. The molecule has 5 nitrogen and oxygen atoms in total. The normalized spacial score (nSPS) is 15.3. The third-order valence-electron chi connectivity index (χ3n) is 5.58. The number of benzene rings is 2. The Morgan fingerprint density at radius 1 is 1.11 bits per heavy atom. The van der Waals surface area contributed by atoms with Crippen molar-refractivity contribution in [1.29, 1.82) is 0 Å². The summed E-state index contributed by atoms with van der Waals surface area (Å²) < 4.78 is 35.4. The molecule has 1 N–H and O–H groups in total. The number of rotatable bonds is 7. The molecule has 1 heterocycles. The van der Waals surface area contributed by atoms with Crippen LogP contribution in [0.4, 0.5) is 0 Å². The Morgan fingerprint density at radius 3 is 2.57 bits per heavy atom. The fourth-order valence-electron chi connectivity index (χ4n) is 4.12. The molecule has 1 saturated carbocycles. The Labute approximate surface area is 166 Å². The molecule has 1 fully saturated rings. The Bertz CT molecular complexity index is 1050. The molecule has 1 aliphatic carbocycles. The van der Waals surface area contributed by atoms with Gasteiger partial charge in [0.05, 0.1) is 12.0 Å². The van der Waals surface area contributed by atoms with Gasteiger partial charge in [-0.2, -0.15) is 0 Å². The number of sulfonamides is 1. The molecule has 3 aromatic rings. The molecule has 0 atom stereocenters. The summed E-state index contributed by atoms with van der Waals surface area (Å²) in [5.41, 5.74) is 2.35. The van der Waals surface area contributed by atoms with Crippen molar-refractivity contribution in [3.05, 3.63) is 60.3 Å². The zero-order valence-electron chi connectivity index (χ0n) is 16.1. The van der Waals surface area contributed by atoms with Crippen molar-refractivity contribution in [1.82, 2.24) is 9.29 Å². The fraction of sp³-hybridized carbons (Fsp3) is 0.364. The first kappa shape index (κ1) is 19.0. The molecular formula is C22H26N2O3S. The van der Waals surface area contributed by atoms with Gasteiger partial charge in [0.15, 0.2) is 0 Å². The van der Waals surface area contributed by atoms with Crippen LogP contribution in [0.1, 0.15) is 37.3 Å². The Morgan fingerprint density at radius 2 is 1.86 bits per heavy atom. The van der Waals surface area contributed by atoms with Crippen LogP contribution in [0, 0.1) is 0 Å². The molecule has 1 aromatic heterocycles. The van der Waals surface area contributed by atoms with Gasteiger partial charge in [0.1, 0.15) is 5.75 Å². The van der Waals surface area contributed by atoms with E-state index in [4.69, 9.17) is 4.74 Å². The number of hydrogen-bond donors (Lipinski definition) is 1. The van der Waals surface area contributed by atoms with Gasteiger partial charge < -0.3 is 9.30 Å². The maximum Gasteiger partial charge on any atom is 0.240 e. The molecule has 0 saturated heterocycles. The number of ether oxygens (including phenoxy) is 1. The van der Waals surface area contributed by atoms with Crippen LogP contribution in [-0.4, -0.2) is 26.6 Å². The molecule has 0 radical (unpaired) electrons. The Balaban J connectivity index is 1.57. The zero-order valence-corrected chi connectivity index (χ0v) is 16.9. The highest BCUT2D eigenvalue weighted by molar-refractivity contribution is 7.89. The van der Waals surface area contributed by atoms with E-state index in [1.807, 2.05) is 12.1 Å². The molecule has 6 heteroatoms. The summed E-state index contributed by atoms with van der Waals surface area (Å²) in [6.45, 7) is 0.359. The molecular weight excluding hydrogens is 372 g/mol. The van der Waals surface area contributed by atoms with E-state index in [0.29, 0.717) is 23.9 Å². The van der Waals surface area contributed by atoms with E-state index in [-0.39, 0.29) is 0 Å². The predicted molar refractivity (Wildman–Crippen MR) is 111 cm³/mol. The highest BCUT2D eigenvalue weighted by atomic mass is 32.2. The van der Waals surface area contributed by atoms with E-state index >= 15 is 0 Å². The average molecular weight is 399 g/mol. The molecule has 0 aliphatic heterocycles. The zero-order chi connectivity index (χ0) is 19.6. The van der Waals surface area contributed by atoms with Crippen LogP contribution in [0.2, 0.25) is 0 Å². The molecule has 0 amide bonds. The first-order valence-electron chi connectivity index (χ1n) is 9.80. The summed E-state index contributed by atoms with van der Waals surface area (Å²) >= 11 is 0. The van der Waals surface area contributed by atoms with Crippen molar-refractivity contribution in [3.8, 4) is 5.75 Å². The smallest absolute Gasteiger partial charge is 0.240 e. The van der Waals surface area contributed by atoms with Gasteiger partial charge in [-0.1, -0.05) is 31.0 Å². The third kappa shape index (κ3) is 3.80. The van der Waals surface area contributed by atoms with Crippen molar-refractivity contribution in [3.63, 3.8) is 0 Å². The van der Waals surface area contributed by atoms with Crippen LogP contribution in [0.15, 0.2) is 59.6 Å². The van der Waals surface area contributed by atoms with Crippen molar-refractivity contribution in [2.24, 2.45) is 0 Å². The van der Waals surface area contributed by atoms with Crippen LogP contribution in [0.25, 0.3) is 10.9 Å². The number of aromatic nitrogens is 1. The summed E-state index contributed by atoms with van der Waals surface area (Å²) in [6, 6.07) is 15.2. The number of nitrogens with one attached hydrogen (secondary N) is 1. The molecule has 4 rings (SSSR count). The standard InChI is InChI=1S/C22H26N2O3S/c1-27-19-11-12-22-21(15-19)17(16-24(22)18-7-5-6-8-18)13-14-23-28(25,26)20-9-3-2-4-10-20/h2-4,9-12,15-16,18,23H,5-8,13-14H2,1H3. The van der Waals surface area contributed by atoms with Crippen LogP contribution < -0.4 is 9.46 Å². The molecule has 2 aromatic carbocycles. The average Bonchev–Trinajstić information content (AvgIpc) is 3.36.